The average molecular weight is 492 g/mol. The Balaban J connectivity index is 1.38. The van der Waals surface area contributed by atoms with E-state index >= 15 is 0 Å². The molecule has 1 unspecified atom stereocenters. The van der Waals surface area contributed by atoms with Crippen molar-refractivity contribution in [3.63, 3.8) is 0 Å². The highest BCUT2D eigenvalue weighted by Gasteiger charge is 2.36. The summed E-state index contributed by atoms with van der Waals surface area (Å²) >= 11 is 0. The lowest BCUT2D eigenvalue weighted by molar-refractivity contribution is -0.124. The normalized spacial score (nSPS) is 13.2. The van der Waals surface area contributed by atoms with Crippen LogP contribution in [0.4, 0.5) is 0 Å². The molecule has 0 saturated heterocycles. The summed E-state index contributed by atoms with van der Waals surface area (Å²) in [6.07, 6.45) is 1.45. The number of furan rings is 1. The number of benzene rings is 2. The zero-order chi connectivity index (χ0) is 25.8. The molecule has 1 aromatic heterocycles. The maximum atomic E-state index is 12.8. The Bertz CT molecular complexity index is 1320. The molecule has 10 nitrogen and oxygen atoms in total. The van der Waals surface area contributed by atoms with Crippen LogP contribution in [0.2, 0.25) is 0 Å². The Labute approximate surface area is 206 Å². The second kappa shape index (κ2) is 10.3. The zero-order valence-corrected chi connectivity index (χ0v) is 19.9. The van der Waals surface area contributed by atoms with Crippen LogP contribution in [-0.4, -0.2) is 49.4 Å². The third-order valence-electron chi connectivity index (χ3n) is 5.72. The third-order valence-corrected chi connectivity index (χ3v) is 5.72. The molecule has 10 heteroatoms. The number of methoxy groups -OCH3 is 2. The predicted octanol–water partition coefficient (Wildman–Crippen LogP) is 3.13. The molecular weight excluding hydrogens is 468 g/mol. The number of carbonyl (C=O) groups excluding carboxylic acids is 4. The molecule has 36 heavy (non-hydrogen) atoms. The fraction of sp³-hybridized carbons (Fsp3) is 0.231. The van der Waals surface area contributed by atoms with Crippen LogP contribution in [0.15, 0.2) is 59.2 Å². The molecule has 3 aromatic rings. The van der Waals surface area contributed by atoms with Gasteiger partial charge in [0.1, 0.15) is 17.3 Å². The van der Waals surface area contributed by atoms with Crippen LogP contribution in [0.1, 0.15) is 55.4 Å². The Kier molecular flexibility index (Phi) is 7.05. The number of nitrogens with zero attached hydrogens (tertiary/aromatic N) is 1. The van der Waals surface area contributed by atoms with E-state index in [-0.39, 0.29) is 23.2 Å². The first-order chi connectivity index (χ1) is 17.3. The maximum Gasteiger partial charge on any atom is 0.338 e. The van der Waals surface area contributed by atoms with Crippen LogP contribution < -0.4 is 14.8 Å². The number of rotatable bonds is 9. The minimum absolute atomic E-state index is 0.0183. The number of hydrogen-bond donors (Lipinski definition) is 1. The standard InChI is InChI=1S/C26H24N2O8/c1-15(20-12-17(33-2)7-9-22(20)34-3)27-23(29)14-36-26(32)16-6-8-19-21(11-16)25(31)28(24(19)30)13-18-5-4-10-35-18/h4-12,15H,13-14H2,1-3H3,(H,27,29). The fourth-order valence-electron chi connectivity index (χ4n) is 3.87. The molecule has 0 spiro atoms. The van der Waals surface area contributed by atoms with Crippen molar-refractivity contribution >= 4 is 23.7 Å². The summed E-state index contributed by atoms with van der Waals surface area (Å²) < 4.78 is 20.9. The van der Waals surface area contributed by atoms with Gasteiger partial charge in [0.2, 0.25) is 0 Å². The summed E-state index contributed by atoms with van der Waals surface area (Å²) in [6.45, 7) is 1.20. The van der Waals surface area contributed by atoms with E-state index in [2.05, 4.69) is 5.32 Å². The van der Waals surface area contributed by atoms with Crippen molar-refractivity contribution < 1.29 is 37.8 Å². The zero-order valence-electron chi connectivity index (χ0n) is 19.9. The average Bonchev–Trinajstić information content (AvgIpc) is 3.49. The molecule has 1 aliphatic rings. The number of hydrogen-bond acceptors (Lipinski definition) is 8. The molecule has 3 amide bonds. The van der Waals surface area contributed by atoms with Gasteiger partial charge in [-0.05, 0) is 55.5 Å². The lowest BCUT2D eigenvalue weighted by atomic mass is 10.1. The second-order valence-corrected chi connectivity index (χ2v) is 8.01. The lowest BCUT2D eigenvalue weighted by Crippen LogP contribution is -2.31. The van der Waals surface area contributed by atoms with Gasteiger partial charge in [-0.25, -0.2) is 4.79 Å². The van der Waals surface area contributed by atoms with Gasteiger partial charge in [-0.15, -0.1) is 0 Å². The Hall–Kier alpha value is -4.60. The summed E-state index contributed by atoms with van der Waals surface area (Å²) in [4.78, 5) is 51.4. The van der Waals surface area contributed by atoms with Crippen LogP contribution in [-0.2, 0) is 16.1 Å². The first-order valence-corrected chi connectivity index (χ1v) is 11.0. The van der Waals surface area contributed by atoms with Crippen molar-refractivity contribution in [1.29, 1.82) is 0 Å². The number of amides is 3. The van der Waals surface area contributed by atoms with Gasteiger partial charge in [-0.3, -0.25) is 19.3 Å². The molecule has 2 aromatic carbocycles. The maximum absolute atomic E-state index is 12.8. The van der Waals surface area contributed by atoms with Crippen LogP contribution in [0.25, 0.3) is 0 Å². The van der Waals surface area contributed by atoms with Crippen LogP contribution >= 0.6 is 0 Å². The van der Waals surface area contributed by atoms with E-state index < -0.39 is 36.3 Å². The molecule has 1 atom stereocenters. The van der Waals surface area contributed by atoms with Gasteiger partial charge in [-0.2, -0.15) is 0 Å². The van der Waals surface area contributed by atoms with Crippen LogP contribution in [0, 0.1) is 0 Å². The number of esters is 1. The number of nitrogens with one attached hydrogen (secondary N) is 1. The number of carbonyl (C=O) groups is 4. The third kappa shape index (κ3) is 4.92. The van der Waals surface area contributed by atoms with Gasteiger partial charge in [0, 0.05) is 5.56 Å². The van der Waals surface area contributed by atoms with E-state index in [0.717, 1.165) is 4.90 Å². The highest BCUT2D eigenvalue weighted by Crippen LogP contribution is 2.29. The largest absolute Gasteiger partial charge is 0.497 e. The second-order valence-electron chi connectivity index (χ2n) is 8.01. The minimum Gasteiger partial charge on any atom is -0.497 e. The number of ether oxygens (including phenoxy) is 3. The summed E-state index contributed by atoms with van der Waals surface area (Å²) in [6, 6.07) is 12.1. The fourth-order valence-corrected chi connectivity index (χ4v) is 3.87. The smallest absolute Gasteiger partial charge is 0.338 e. The van der Waals surface area contributed by atoms with E-state index in [4.69, 9.17) is 18.6 Å². The minimum atomic E-state index is -0.802. The SMILES string of the molecule is COc1ccc(OC)c(C(C)NC(=O)COC(=O)c2ccc3c(c2)C(=O)N(Cc2ccco2)C3=O)c1. The Morgan fingerprint density at radius 2 is 1.78 bits per heavy atom. The van der Waals surface area contributed by atoms with E-state index in [1.54, 1.807) is 37.3 Å². The summed E-state index contributed by atoms with van der Waals surface area (Å²) in [5.74, 6) is -0.727. The van der Waals surface area contributed by atoms with Crippen molar-refractivity contribution in [2.75, 3.05) is 20.8 Å². The van der Waals surface area contributed by atoms with Crippen molar-refractivity contribution in [3.05, 3.63) is 82.8 Å². The summed E-state index contributed by atoms with van der Waals surface area (Å²) in [5.41, 5.74) is 1.01. The molecule has 0 aliphatic carbocycles. The van der Waals surface area contributed by atoms with Crippen molar-refractivity contribution in [2.24, 2.45) is 0 Å². The molecule has 4 rings (SSSR count). The first kappa shape index (κ1) is 24.5. The Morgan fingerprint density at radius 3 is 2.47 bits per heavy atom. The molecule has 0 radical (unpaired) electrons. The van der Waals surface area contributed by atoms with Crippen LogP contribution in [0.3, 0.4) is 0 Å². The topological polar surface area (TPSA) is 124 Å². The molecule has 2 heterocycles. The van der Waals surface area contributed by atoms with Gasteiger partial charge in [0.15, 0.2) is 6.61 Å². The molecule has 186 valence electrons. The highest BCUT2D eigenvalue weighted by molar-refractivity contribution is 6.21. The molecule has 1 aliphatic heterocycles. The first-order valence-electron chi connectivity index (χ1n) is 11.0. The van der Waals surface area contributed by atoms with Gasteiger partial charge in [0.25, 0.3) is 17.7 Å². The van der Waals surface area contributed by atoms with E-state index in [0.29, 0.717) is 22.8 Å². The van der Waals surface area contributed by atoms with Crippen LogP contribution in [0.5, 0.6) is 11.5 Å². The number of fused-ring (bicyclic) bond motifs is 1. The van der Waals surface area contributed by atoms with Crippen molar-refractivity contribution in [2.45, 2.75) is 19.5 Å². The van der Waals surface area contributed by atoms with Gasteiger partial charge >= 0.3 is 5.97 Å². The van der Waals surface area contributed by atoms with Crippen molar-refractivity contribution in [3.8, 4) is 11.5 Å². The van der Waals surface area contributed by atoms with Gasteiger partial charge in [0.05, 0.1) is 49.8 Å². The predicted molar refractivity (Wildman–Crippen MR) is 126 cm³/mol. The molecule has 0 bridgehead atoms. The monoisotopic (exact) mass is 492 g/mol. The molecule has 0 fully saturated rings. The van der Waals surface area contributed by atoms with Gasteiger partial charge in [-0.1, -0.05) is 0 Å². The molecule has 0 saturated carbocycles. The Morgan fingerprint density at radius 1 is 1.00 bits per heavy atom. The number of imide groups is 1. The van der Waals surface area contributed by atoms with Crippen molar-refractivity contribution in [1.82, 2.24) is 10.2 Å². The summed E-state index contributed by atoms with van der Waals surface area (Å²) in [5, 5.41) is 2.74. The summed E-state index contributed by atoms with van der Waals surface area (Å²) in [7, 11) is 3.06. The van der Waals surface area contributed by atoms with E-state index in [9.17, 15) is 19.2 Å². The van der Waals surface area contributed by atoms with E-state index in [1.807, 2.05) is 0 Å². The van der Waals surface area contributed by atoms with E-state index in [1.165, 1.54) is 38.7 Å². The van der Waals surface area contributed by atoms with Gasteiger partial charge < -0.3 is 23.9 Å². The highest BCUT2D eigenvalue weighted by atomic mass is 16.5. The molecule has 1 N–H and O–H groups in total. The molecular formula is C26H24N2O8. The quantitative estimate of drug-likeness (QED) is 0.357. The lowest BCUT2D eigenvalue weighted by Gasteiger charge is -2.18.